The number of hydrogen-bond acceptors (Lipinski definition) is 5. The Labute approximate surface area is 114 Å². The molecule has 1 aromatic rings. The molecule has 0 radical (unpaired) electrons. The molecule has 1 saturated carbocycles. The minimum atomic E-state index is 0.370. The van der Waals surface area contributed by atoms with E-state index in [2.05, 4.69) is 27.2 Å². The van der Waals surface area contributed by atoms with Crippen molar-refractivity contribution < 1.29 is 0 Å². The smallest absolute Gasteiger partial charge is 0.132 e. The Kier molecular flexibility index (Phi) is 4.74. The van der Waals surface area contributed by atoms with Gasteiger partial charge in [0.15, 0.2) is 0 Å². The maximum absolute atomic E-state index is 5.92. The third-order valence-corrected chi connectivity index (χ3v) is 3.39. The van der Waals surface area contributed by atoms with Gasteiger partial charge in [0.25, 0.3) is 0 Å². The molecular weight excluding hydrogens is 238 g/mol. The summed E-state index contributed by atoms with van der Waals surface area (Å²) in [6.45, 7) is 6.29. The Morgan fingerprint density at radius 2 is 2.00 bits per heavy atom. The van der Waals surface area contributed by atoms with Gasteiger partial charge in [0.1, 0.15) is 17.5 Å². The molecule has 0 bridgehead atoms. The number of nitrogens with two attached hydrogens (primary N) is 1. The molecule has 0 atom stereocenters. The Hall–Kier alpha value is -1.62. The van der Waals surface area contributed by atoms with Gasteiger partial charge in [0, 0.05) is 24.7 Å². The van der Waals surface area contributed by atoms with Crippen LogP contribution in [-0.4, -0.2) is 28.6 Å². The van der Waals surface area contributed by atoms with Crippen molar-refractivity contribution in [2.75, 3.05) is 17.2 Å². The zero-order valence-electron chi connectivity index (χ0n) is 11.5. The van der Waals surface area contributed by atoms with Crippen molar-refractivity contribution in [1.82, 2.24) is 9.97 Å². The Morgan fingerprint density at radius 3 is 2.68 bits per heavy atom. The Morgan fingerprint density at radius 1 is 1.32 bits per heavy atom. The molecule has 4 N–H and O–H groups in total. The molecule has 0 saturated heterocycles. The van der Waals surface area contributed by atoms with Crippen LogP contribution in [-0.2, 0) is 0 Å². The van der Waals surface area contributed by atoms with E-state index < -0.39 is 0 Å². The van der Waals surface area contributed by atoms with Crippen molar-refractivity contribution >= 4 is 11.6 Å². The van der Waals surface area contributed by atoms with Crippen molar-refractivity contribution in [2.24, 2.45) is 5.73 Å². The molecule has 1 aromatic heterocycles. The van der Waals surface area contributed by atoms with E-state index in [4.69, 9.17) is 5.73 Å². The van der Waals surface area contributed by atoms with Crippen molar-refractivity contribution in [2.45, 2.75) is 44.7 Å². The monoisotopic (exact) mass is 261 g/mol. The first-order chi connectivity index (χ1) is 9.17. The van der Waals surface area contributed by atoms with Crippen LogP contribution in [0.5, 0.6) is 0 Å². The largest absolute Gasteiger partial charge is 0.367 e. The highest BCUT2D eigenvalue weighted by Crippen LogP contribution is 2.21. The maximum atomic E-state index is 5.92. The molecule has 0 aromatic carbocycles. The van der Waals surface area contributed by atoms with Gasteiger partial charge < -0.3 is 16.4 Å². The molecule has 1 fully saturated rings. The summed E-state index contributed by atoms with van der Waals surface area (Å²) in [6.07, 6.45) is 6.21. The summed E-state index contributed by atoms with van der Waals surface area (Å²) in [6, 6.07) is 2.79. The third kappa shape index (κ3) is 4.21. The average Bonchev–Trinajstić information content (AvgIpc) is 2.38. The van der Waals surface area contributed by atoms with Gasteiger partial charge >= 0.3 is 0 Å². The molecule has 0 unspecified atom stereocenters. The Bertz CT molecular complexity index is 424. The summed E-state index contributed by atoms with van der Waals surface area (Å²) in [7, 11) is 0. The molecule has 19 heavy (non-hydrogen) atoms. The van der Waals surface area contributed by atoms with Gasteiger partial charge in [-0.1, -0.05) is 6.08 Å². The fraction of sp³-hybridized carbons (Fsp3) is 0.571. The minimum absolute atomic E-state index is 0.370. The molecule has 0 amide bonds. The number of anilines is 2. The predicted molar refractivity (Wildman–Crippen MR) is 79.3 cm³/mol. The highest BCUT2D eigenvalue weighted by molar-refractivity contribution is 5.48. The summed E-state index contributed by atoms with van der Waals surface area (Å²) in [5.74, 6) is 2.49. The number of aryl methyl sites for hydroxylation is 1. The highest BCUT2D eigenvalue weighted by atomic mass is 15.1. The zero-order chi connectivity index (χ0) is 13.7. The summed E-state index contributed by atoms with van der Waals surface area (Å²) in [4.78, 5) is 8.78. The number of nitrogens with zero attached hydrogens (tertiary/aromatic N) is 2. The van der Waals surface area contributed by atoms with Crippen molar-refractivity contribution in [1.29, 1.82) is 0 Å². The van der Waals surface area contributed by atoms with Gasteiger partial charge in [-0.2, -0.15) is 0 Å². The van der Waals surface area contributed by atoms with Crippen LogP contribution >= 0.6 is 0 Å². The van der Waals surface area contributed by atoms with E-state index in [-0.39, 0.29) is 0 Å². The van der Waals surface area contributed by atoms with E-state index in [1.807, 2.05) is 19.1 Å². The first kappa shape index (κ1) is 13.8. The predicted octanol–water partition coefficient (Wildman–Crippen LogP) is 2.06. The molecule has 2 rings (SSSR count). The van der Waals surface area contributed by atoms with Crippen LogP contribution in [0.4, 0.5) is 11.6 Å². The second kappa shape index (κ2) is 6.52. The molecule has 104 valence electrons. The first-order valence-corrected chi connectivity index (χ1v) is 6.90. The van der Waals surface area contributed by atoms with Crippen molar-refractivity contribution in [3.05, 3.63) is 24.5 Å². The van der Waals surface area contributed by atoms with E-state index in [0.29, 0.717) is 18.6 Å². The number of hydrogen-bond donors (Lipinski definition) is 3. The molecule has 0 spiro atoms. The lowest BCUT2D eigenvalue weighted by Crippen LogP contribution is -2.33. The van der Waals surface area contributed by atoms with Crippen LogP contribution in [0.15, 0.2) is 18.7 Å². The highest BCUT2D eigenvalue weighted by Gasteiger charge is 2.18. The summed E-state index contributed by atoms with van der Waals surface area (Å²) < 4.78 is 0. The second-order valence-corrected chi connectivity index (χ2v) is 5.11. The SMILES string of the molecule is C=CCNc1cc(NC2CCC(N)CC2)nc(C)n1. The van der Waals surface area contributed by atoms with Crippen LogP contribution in [0.1, 0.15) is 31.5 Å². The third-order valence-electron chi connectivity index (χ3n) is 3.39. The van der Waals surface area contributed by atoms with Gasteiger partial charge in [-0.3, -0.25) is 0 Å². The van der Waals surface area contributed by atoms with E-state index in [0.717, 1.165) is 43.1 Å². The van der Waals surface area contributed by atoms with Crippen LogP contribution in [0.25, 0.3) is 0 Å². The van der Waals surface area contributed by atoms with Gasteiger partial charge in [0.05, 0.1) is 0 Å². The van der Waals surface area contributed by atoms with Gasteiger partial charge in [0.2, 0.25) is 0 Å². The topological polar surface area (TPSA) is 75.9 Å². The normalized spacial score (nSPS) is 22.8. The van der Waals surface area contributed by atoms with Crippen molar-refractivity contribution in [3.63, 3.8) is 0 Å². The van der Waals surface area contributed by atoms with Gasteiger partial charge in [-0.05, 0) is 32.6 Å². The summed E-state index contributed by atoms with van der Waals surface area (Å²) in [5, 5.41) is 6.68. The lowest BCUT2D eigenvalue weighted by atomic mass is 9.92. The molecule has 1 heterocycles. The van der Waals surface area contributed by atoms with Crippen LogP contribution in [0.3, 0.4) is 0 Å². The second-order valence-electron chi connectivity index (χ2n) is 5.11. The first-order valence-electron chi connectivity index (χ1n) is 6.90. The molecule has 0 aliphatic heterocycles. The van der Waals surface area contributed by atoms with E-state index in [1.54, 1.807) is 0 Å². The minimum Gasteiger partial charge on any atom is -0.367 e. The standard InChI is InChI=1S/C14H23N5/c1-3-8-16-13-9-14(18-10(2)17-13)19-12-6-4-11(15)5-7-12/h3,9,11-12H,1,4-8,15H2,2H3,(H2,16,17,18,19). The van der Waals surface area contributed by atoms with E-state index in [9.17, 15) is 0 Å². The van der Waals surface area contributed by atoms with E-state index >= 15 is 0 Å². The maximum Gasteiger partial charge on any atom is 0.132 e. The van der Waals surface area contributed by atoms with Crippen molar-refractivity contribution in [3.8, 4) is 0 Å². The molecule has 5 heteroatoms. The zero-order valence-corrected chi connectivity index (χ0v) is 11.5. The lowest BCUT2D eigenvalue weighted by molar-refractivity contribution is 0.410. The molecule has 1 aliphatic carbocycles. The molecule has 5 nitrogen and oxygen atoms in total. The molecular formula is C14H23N5. The summed E-state index contributed by atoms with van der Waals surface area (Å²) in [5.41, 5.74) is 5.92. The lowest BCUT2D eigenvalue weighted by Gasteiger charge is -2.27. The van der Waals surface area contributed by atoms with Gasteiger partial charge in [-0.25, -0.2) is 9.97 Å². The summed E-state index contributed by atoms with van der Waals surface area (Å²) >= 11 is 0. The van der Waals surface area contributed by atoms with Crippen LogP contribution < -0.4 is 16.4 Å². The van der Waals surface area contributed by atoms with Gasteiger partial charge in [-0.15, -0.1) is 6.58 Å². The van der Waals surface area contributed by atoms with Crippen LogP contribution in [0, 0.1) is 6.92 Å². The quantitative estimate of drug-likeness (QED) is 0.707. The average molecular weight is 261 g/mol. The number of nitrogens with one attached hydrogen (secondary N) is 2. The molecule has 1 aliphatic rings. The fourth-order valence-electron chi connectivity index (χ4n) is 2.38. The van der Waals surface area contributed by atoms with E-state index in [1.165, 1.54) is 0 Å². The van der Waals surface area contributed by atoms with Crippen LogP contribution in [0.2, 0.25) is 0 Å². The Balaban J connectivity index is 1.99. The number of rotatable bonds is 5. The fourth-order valence-corrected chi connectivity index (χ4v) is 2.38. The number of aromatic nitrogens is 2.